The first-order chi connectivity index (χ1) is 8.22. The summed E-state index contributed by atoms with van der Waals surface area (Å²) in [6.45, 7) is 0.816. The van der Waals surface area contributed by atoms with Crippen LogP contribution in [0.4, 0.5) is 0 Å². The molecule has 3 heteroatoms. The normalized spacial score (nSPS) is 19.9. The molecular weight excluding hydrogens is 278 g/mol. The molecular formula is C14H18BrNO. The van der Waals surface area contributed by atoms with E-state index in [4.69, 9.17) is 10.5 Å². The second-order valence-electron chi connectivity index (χ2n) is 5.29. The van der Waals surface area contributed by atoms with Crippen LogP contribution in [0.1, 0.15) is 30.4 Å². The number of hydrogen-bond donors (Lipinski definition) is 1. The van der Waals surface area contributed by atoms with E-state index in [9.17, 15) is 0 Å². The van der Waals surface area contributed by atoms with Gasteiger partial charge in [-0.25, -0.2) is 0 Å². The standard InChI is InChI=1S/C14H18BrNO/c15-12-6-10-3-4-17-14(10)11(7-12)8-13(16)5-9-1-2-9/h6-7,9,13H,1-5,8,16H2. The molecule has 3 rings (SSSR count). The van der Waals surface area contributed by atoms with E-state index < -0.39 is 0 Å². The Morgan fingerprint density at radius 3 is 3.00 bits per heavy atom. The van der Waals surface area contributed by atoms with Crippen LogP contribution in [0.5, 0.6) is 5.75 Å². The highest BCUT2D eigenvalue weighted by atomic mass is 79.9. The molecule has 0 amide bonds. The molecule has 1 unspecified atom stereocenters. The van der Waals surface area contributed by atoms with Crippen molar-refractivity contribution in [2.75, 3.05) is 6.61 Å². The third-order valence-electron chi connectivity index (χ3n) is 3.64. The van der Waals surface area contributed by atoms with E-state index in [1.807, 2.05) is 0 Å². The second kappa shape index (κ2) is 4.62. The summed E-state index contributed by atoms with van der Waals surface area (Å²) in [5, 5.41) is 0. The number of benzene rings is 1. The summed E-state index contributed by atoms with van der Waals surface area (Å²) in [4.78, 5) is 0. The largest absolute Gasteiger partial charge is 0.493 e. The van der Waals surface area contributed by atoms with E-state index in [-0.39, 0.29) is 6.04 Å². The fraction of sp³-hybridized carbons (Fsp3) is 0.571. The molecule has 0 saturated heterocycles. The monoisotopic (exact) mass is 295 g/mol. The average Bonchev–Trinajstić information content (AvgIpc) is 2.94. The van der Waals surface area contributed by atoms with Gasteiger partial charge in [-0.05, 0) is 42.0 Å². The number of ether oxygens (including phenoxy) is 1. The van der Waals surface area contributed by atoms with E-state index >= 15 is 0 Å². The molecule has 1 aromatic rings. The Labute approximate surface area is 111 Å². The van der Waals surface area contributed by atoms with Crippen molar-refractivity contribution < 1.29 is 4.74 Å². The lowest BCUT2D eigenvalue weighted by Gasteiger charge is -2.14. The Bertz CT molecular complexity index is 428. The lowest BCUT2D eigenvalue weighted by molar-refractivity contribution is 0.352. The molecule has 1 aliphatic heterocycles. The van der Waals surface area contributed by atoms with Crippen LogP contribution in [-0.4, -0.2) is 12.6 Å². The van der Waals surface area contributed by atoms with Crippen molar-refractivity contribution >= 4 is 15.9 Å². The van der Waals surface area contributed by atoms with Crippen LogP contribution in [0.15, 0.2) is 16.6 Å². The van der Waals surface area contributed by atoms with Gasteiger partial charge in [-0.15, -0.1) is 0 Å². The Morgan fingerprint density at radius 1 is 1.41 bits per heavy atom. The van der Waals surface area contributed by atoms with Crippen LogP contribution in [0.3, 0.4) is 0 Å². The van der Waals surface area contributed by atoms with Crippen molar-refractivity contribution in [3.63, 3.8) is 0 Å². The predicted octanol–water partition coefficient (Wildman–Crippen LogP) is 3.05. The van der Waals surface area contributed by atoms with Gasteiger partial charge in [0.2, 0.25) is 0 Å². The number of fused-ring (bicyclic) bond motifs is 1. The van der Waals surface area contributed by atoms with E-state index in [1.165, 1.54) is 30.4 Å². The van der Waals surface area contributed by atoms with Gasteiger partial charge in [0.25, 0.3) is 0 Å². The maximum absolute atomic E-state index is 6.22. The minimum Gasteiger partial charge on any atom is -0.493 e. The topological polar surface area (TPSA) is 35.2 Å². The number of rotatable bonds is 4. The van der Waals surface area contributed by atoms with Crippen molar-refractivity contribution in [1.82, 2.24) is 0 Å². The van der Waals surface area contributed by atoms with Crippen LogP contribution in [0.2, 0.25) is 0 Å². The second-order valence-corrected chi connectivity index (χ2v) is 6.21. The first kappa shape index (κ1) is 11.5. The van der Waals surface area contributed by atoms with Crippen LogP contribution >= 0.6 is 15.9 Å². The third-order valence-corrected chi connectivity index (χ3v) is 4.10. The quantitative estimate of drug-likeness (QED) is 0.927. The Hall–Kier alpha value is -0.540. The van der Waals surface area contributed by atoms with Crippen molar-refractivity contribution in [1.29, 1.82) is 0 Å². The van der Waals surface area contributed by atoms with E-state index in [2.05, 4.69) is 28.1 Å². The van der Waals surface area contributed by atoms with Crippen LogP contribution in [0.25, 0.3) is 0 Å². The van der Waals surface area contributed by atoms with Gasteiger partial charge >= 0.3 is 0 Å². The maximum Gasteiger partial charge on any atom is 0.125 e. The molecule has 1 saturated carbocycles. The Balaban J connectivity index is 1.77. The van der Waals surface area contributed by atoms with Gasteiger partial charge in [-0.2, -0.15) is 0 Å². The molecule has 2 N–H and O–H groups in total. The Kier molecular flexibility index (Phi) is 3.14. The SMILES string of the molecule is NC(Cc1cc(Br)cc2c1OCC2)CC1CC1. The van der Waals surface area contributed by atoms with Crippen molar-refractivity contribution in [2.24, 2.45) is 11.7 Å². The molecule has 1 atom stereocenters. The van der Waals surface area contributed by atoms with E-state index in [1.54, 1.807) is 0 Å². The summed E-state index contributed by atoms with van der Waals surface area (Å²) in [6, 6.07) is 4.61. The van der Waals surface area contributed by atoms with Gasteiger partial charge in [-0.3, -0.25) is 0 Å². The highest BCUT2D eigenvalue weighted by Gasteiger charge is 2.25. The van der Waals surface area contributed by atoms with Gasteiger partial charge < -0.3 is 10.5 Å². The van der Waals surface area contributed by atoms with E-state index in [0.29, 0.717) is 0 Å². The van der Waals surface area contributed by atoms with Crippen molar-refractivity contribution in [3.8, 4) is 5.75 Å². The molecule has 0 bridgehead atoms. The minimum atomic E-state index is 0.282. The molecule has 92 valence electrons. The average molecular weight is 296 g/mol. The molecule has 17 heavy (non-hydrogen) atoms. The molecule has 2 nitrogen and oxygen atoms in total. The highest BCUT2D eigenvalue weighted by Crippen LogP contribution is 2.36. The summed E-state index contributed by atoms with van der Waals surface area (Å²) in [5.74, 6) is 1.99. The molecule has 1 fully saturated rings. The summed E-state index contributed by atoms with van der Waals surface area (Å²) < 4.78 is 6.88. The summed E-state index contributed by atoms with van der Waals surface area (Å²) in [6.07, 6.45) is 5.89. The molecule has 1 aliphatic carbocycles. The van der Waals surface area contributed by atoms with Crippen molar-refractivity contribution in [2.45, 2.75) is 38.1 Å². The lowest BCUT2D eigenvalue weighted by Crippen LogP contribution is -2.23. The molecule has 0 aromatic heterocycles. The number of halogens is 1. The zero-order valence-electron chi connectivity index (χ0n) is 9.92. The van der Waals surface area contributed by atoms with Crippen molar-refractivity contribution in [3.05, 3.63) is 27.7 Å². The van der Waals surface area contributed by atoms with E-state index in [0.717, 1.165) is 35.6 Å². The minimum absolute atomic E-state index is 0.282. The molecule has 2 aliphatic rings. The summed E-state index contributed by atoms with van der Waals surface area (Å²) in [7, 11) is 0. The Morgan fingerprint density at radius 2 is 2.24 bits per heavy atom. The molecule has 1 heterocycles. The zero-order valence-corrected chi connectivity index (χ0v) is 11.5. The third kappa shape index (κ3) is 2.66. The molecule has 1 aromatic carbocycles. The van der Waals surface area contributed by atoms with Gasteiger partial charge in [0.15, 0.2) is 0 Å². The van der Waals surface area contributed by atoms with Gasteiger partial charge in [-0.1, -0.05) is 28.8 Å². The maximum atomic E-state index is 6.22. The molecule has 0 radical (unpaired) electrons. The number of hydrogen-bond acceptors (Lipinski definition) is 2. The number of nitrogens with two attached hydrogens (primary N) is 1. The molecule has 0 spiro atoms. The fourth-order valence-electron chi connectivity index (χ4n) is 2.65. The van der Waals surface area contributed by atoms with Crippen LogP contribution in [-0.2, 0) is 12.8 Å². The van der Waals surface area contributed by atoms with Gasteiger partial charge in [0.05, 0.1) is 6.61 Å². The fourth-order valence-corrected chi connectivity index (χ4v) is 3.20. The highest BCUT2D eigenvalue weighted by molar-refractivity contribution is 9.10. The van der Waals surface area contributed by atoms with Crippen LogP contribution < -0.4 is 10.5 Å². The van der Waals surface area contributed by atoms with Crippen LogP contribution in [0, 0.1) is 5.92 Å². The first-order valence-corrected chi connectivity index (χ1v) is 7.21. The predicted molar refractivity (Wildman–Crippen MR) is 72.4 cm³/mol. The lowest BCUT2D eigenvalue weighted by atomic mass is 9.99. The summed E-state index contributed by atoms with van der Waals surface area (Å²) >= 11 is 3.57. The van der Waals surface area contributed by atoms with Gasteiger partial charge in [0, 0.05) is 16.9 Å². The van der Waals surface area contributed by atoms with Gasteiger partial charge in [0.1, 0.15) is 5.75 Å². The summed E-state index contributed by atoms with van der Waals surface area (Å²) in [5.41, 5.74) is 8.82. The smallest absolute Gasteiger partial charge is 0.125 e. The first-order valence-electron chi connectivity index (χ1n) is 6.42. The zero-order chi connectivity index (χ0) is 11.8.